The number of aliphatic imine (C=N–C) groups is 1. The summed E-state index contributed by atoms with van der Waals surface area (Å²) >= 11 is 6.02. The summed E-state index contributed by atoms with van der Waals surface area (Å²) in [4.78, 5) is 18.2. The summed E-state index contributed by atoms with van der Waals surface area (Å²) in [7, 11) is 1.32. The molecule has 0 saturated carbocycles. The first-order valence-electron chi connectivity index (χ1n) is 6.35. The van der Waals surface area contributed by atoms with Gasteiger partial charge in [0.15, 0.2) is 6.04 Å². The van der Waals surface area contributed by atoms with Crippen molar-refractivity contribution >= 4 is 23.4 Å². The largest absolute Gasteiger partial charge is 0.467 e. The Morgan fingerprint density at radius 1 is 1.33 bits per heavy atom. The lowest BCUT2D eigenvalue weighted by molar-refractivity contribution is -0.142. The van der Waals surface area contributed by atoms with E-state index in [9.17, 15) is 9.18 Å². The molecule has 108 valence electrons. The second-order valence-electron chi connectivity index (χ2n) is 4.71. The van der Waals surface area contributed by atoms with Crippen LogP contribution in [0.25, 0.3) is 0 Å². The first-order valence-corrected chi connectivity index (χ1v) is 6.73. The number of allylic oxidation sites excluding steroid dienone is 2. The van der Waals surface area contributed by atoms with E-state index < -0.39 is 18.1 Å². The normalized spacial score (nSPS) is 23.5. The Labute approximate surface area is 126 Å². The fourth-order valence-corrected chi connectivity index (χ4v) is 2.65. The van der Waals surface area contributed by atoms with Gasteiger partial charge in [-0.05, 0) is 29.8 Å². The number of hydrogen-bond acceptors (Lipinski definition) is 4. The Morgan fingerprint density at radius 2 is 2.05 bits per heavy atom. The van der Waals surface area contributed by atoms with Crippen molar-refractivity contribution < 1.29 is 13.9 Å². The molecular weight excluding hydrogens is 295 g/mol. The van der Waals surface area contributed by atoms with Crippen LogP contribution in [-0.2, 0) is 9.53 Å². The van der Waals surface area contributed by atoms with Crippen molar-refractivity contribution in [1.29, 1.82) is 0 Å². The molecule has 0 radical (unpaired) electrons. The van der Waals surface area contributed by atoms with Crippen molar-refractivity contribution in [3.63, 3.8) is 0 Å². The van der Waals surface area contributed by atoms with Gasteiger partial charge < -0.3 is 9.64 Å². The third-order valence-corrected chi connectivity index (χ3v) is 3.67. The predicted octanol–water partition coefficient (Wildman–Crippen LogP) is 2.77. The van der Waals surface area contributed by atoms with Crippen LogP contribution < -0.4 is 0 Å². The lowest BCUT2D eigenvalue weighted by Crippen LogP contribution is -2.33. The van der Waals surface area contributed by atoms with E-state index in [2.05, 4.69) is 4.99 Å². The van der Waals surface area contributed by atoms with E-state index in [0.29, 0.717) is 10.9 Å². The predicted molar refractivity (Wildman–Crippen MR) is 77.3 cm³/mol. The number of ether oxygens (including phenoxy) is 1. The van der Waals surface area contributed by atoms with Gasteiger partial charge >= 0.3 is 5.97 Å². The van der Waals surface area contributed by atoms with Crippen LogP contribution in [0.4, 0.5) is 4.39 Å². The van der Waals surface area contributed by atoms with Crippen molar-refractivity contribution in [3.8, 4) is 0 Å². The number of carbonyl (C=O) groups excluding carboxylic acids is 1. The first kappa shape index (κ1) is 13.8. The fraction of sp³-hybridized carbons (Fsp3) is 0.200. The number of esters is 1. The average Bonchev–Trinajstić information content (AvgIpc) is 2.86. The molecule has 0 fully saturated rings. The number of hydrogen-bond donors (Lipinski definition) is 0. The van der Waals surface area contributed by atoms with Gasteiger partial charge in [-0.15, -0.1) is 0 Å². The smallest absolute Gasteiger partial charge is 0.333 e. The van der Waals surface area contributed by atoms with E-state index in [1.54, 1.807) is 35.4 Å². The van der Waals surface area contributed by atoms with Gasteiger partial charge in [0.25, 0.3) is 0 Å². The van der Waals surface area contributed by atoms with Crippen molar-refractivity contribution in [3.05, 3.63) is 59.0 Å². The Hall–Kier alpha value is -2.14. The van der Waals surface area contributed by atoms with Crippen LogP contribution in [0.3, 0.4) is 0 Å². The maximum absolute atomic E-state index is 13.1. The van der Waals surface area contributed by atoms with Crippen molar-refractivity contribution in [1.82, 2.24) is 4.90 Å². The summed E-state index contributed by atoms with van der Waals surface area (Å²) in [6, 6.07) is 4.87. The summed E-state index contributed by atoms with van der Waals surface area (Å²) < 4.78 is 17.9. The van der Waals surface area contributed by atoms with Crippen LogP contribution in [0.5, 0.6) is 0 Å². The zero-order valence-corrected chi connectivity index (χ0v) is 11.9. The van der Waals surface area contributed by atoms with Gasteiger partial charge in [0.05, 0.1) is 18.2 Å². The Kier molecular flexibility index (Phi) is 3.51. The van der Waals surface area contributed by atoms with E-state index in [1.807, 2.05) is 0 Å². The molecule has 3 rings (SSSR count). The van der Waals surface area contributed by atoms with E-state index in [4.69, 9.17) is 16.3 Å². The van der Waals surface area contributed by atoms with Crippen molar-refractivity contribution in [2.24, 2.45) is 4.99 Å². The number of nitrogens with zero attached hydrogens (tertiary/aromatic N) is 2. The molecule has 21 heavy (non-hydrogen) atoms. The third-order valence-electron chi connectivity index (χ3n) is 3.44. The van der Waals surface area contributed by atoms with Crippen LogP contribution >= 0.6 is 11.6 Å². The van der Waals surface area contributed by atoms with E-state index >= 15 is 0 Å². The monoisotopic (exact) mass is 306 g/mol. The van der Waals surface area contributed by atoms with E-state index in [1.165, 1.54) is 19.2 Å². The molecule has 6 heteroatoms. The van der Waals surface area contributed by atoms with Crippen LogP contribution in [0.15, 0.2) is 52.6 Å². The SMILES string of the molecule is COC(=O)[C@@H]1N=C2C=CC(Cl)=CN2[C@H]1c1ccc(F)cc1. The highest BCUT2D eigenvalue weighted by molar-refractivity contribution is 6.32. The van der Waals surface area contributed by atoms with Gasteiger partial charge in [-0.2, -0.15) is 0 Å². The summed E-state index contributed by atoms with van der Waals surface area (Å²) in [5.74, 6) is -0.145. The topological polar surface area (TPSA) is 41.9 Å². The average molecular weight is 307 g/mol. The van der Waals surface area contributed by atoms with Crippen molar-refractivity contribution in [2.75, 3.05) is 7.11 Å². The number of benzene rings is 1. The van der Waals surface area contributed by atoms with Gasteiger partial charge in [-0.3, -0.25) is 4.99 Å². The minimum atomic E-state index is -0.709. The number of methoxy groups -OCH3 is 1. The van der Waals surface area contributed by atoms with Crippen LogP contribution in [0.1, 0.15) is 11.6 Å². The summed E-state index contributed by atoms with van der Waals surface area (Å²) in [5.41, 5.74) is 0.765. The molecular formula is C15H12ClFN2O2. The Bertz CT molecular complexity index is 667. The van der Waals surface area contributed by atoms with Gasteiger partial charge in [0.2, 0.25) is 0 Å². The molecule has 0 aromatic heterocycles. The summed E-state index contributed by atoms with van der Waals surface area (Å²) in [6.45, 7) is 0. The number of fused-ring (bicyclic) bond motifs is 1. The molecule has 0 N–H and O–H groups in total. The molecule has 0 bridgehead atoms. The van der Waals surface area contributed by atoms with Crippen molar-refractivity contribution in [2.45, 2.75) is 12.1 Å². The molecule has 1 aromatic rings. The standard InChI is InChI=1S/C15H12ClFN2O2/c1-21-15(20)13-14(9-2-5-11(17)6-3-9)19-8-10(16)4-7-12(19)18-13/h2-8,13-14H,1H3/t13-,14+/m1/s1. The first-order chi connectivity index (χ1) is 10.1. The minimum absolute atomic E-state index is 0.334. The number of carbonyl (C=O) groups is 1. The number of halogens is 2. The minimum Gasteiger partial charge on any atom is -0.467 e. The molecule has 2 atom stereocenters. The molecule has 0 amide bonds. The molecule has 4 nitrogen and oxygen atoms in total. The zero-order chi connectivity index (χ0) is 15.0. The number of amidine groups is 1. The van der Waals surface area contributed by atoms with E-state index in [-0.39, 0.29) is 5.82 Å². The lowest BCUT2D eigenvalue weighted by atomic mass is 9.99. The molecule has 0 spiro atoms. The van der Waals surface area contributed by atoms with Gasteiger partial charge in [-0.25, -0.2) is 9.18 Å². The second-order valence-corrected chi connectivity index (χ2v) is 5.14. The van der Waals surface area contributed by atoms with Gasteiger partial charge in [0, 0.05) is 6.20 Å². The maximum Gasteiger partial charge on any atom is 0.333 e. The fourth-order valence-electron chi connectivity index (χ4n) is 2.49. The third kappa shape index (κ3) is 2.45. The molecule has 0 aliphatic carbocycles. The molecule has 0 saturated heterocycles. The highest BCUT2D eigenvalue weighted by atomic mass is 35.5. The van der Waals surface area contributed by atoms with Gasteiger partial charge in [-0.1, -0.05) is 23.7 Å². The van der Waals surface area contributed by atoms with Crippen LogP contribution in [0.2, 0.25) is 0 Å². The molecule has 2 heterocycles. The Morgan fingerprint density at radius 3 is 2.71 bits per heavy atom. The highest BCUT2D eigenvalue weighted by Crippen LogP contribution is 2.36. The van der Waals surface area contributed by atoms with Gasteiger partial charge in [0.1, 0.15) is 11.7 Å². The Balaban J connectivity index is 2.04. The molecule has 2 aliphatic rings. The van der Waals surface area contributed by atoms with Crippen LogP contribution in [0, 0.1) is 5.82 Å². The lowest BCUT2D eigenvalue weighted by Gasteiger charge is -2.27. The summed E-state index contributed by atoms with van der Waals surface area (Å²) in [5, 5.41) is 0.534. The molecule has 0 unspecified atom stereocenters. The highest BCUT2D eigenvalue weighted by Gasteiger charge is 2.41. The molecule has 1 aromatic carbocycles. The zero-order valence-electron chi connectivity index (χ0n) is 11.2. The second kappa shape index (κ2) is 5.33. The van der Waals surface area contributed by atoms with Crippen LogP contribution in [-0.4, -0.2) is 29.9 Å². The maximum atomic E-state index is 13.1. The molecule has 2 aliphatic heterocycles. The summed E-state index contributed by atoms with van der Waals surface area (Å²) in [6.07, 6.45) is 5.15. The van der Waals surface area contributed by atoms with E-state index in [0.717, 1.165) is 5.56 Å². The quantitative estimate of drug-likeness (QED) is 0.789. The number of rotatable bonds is 2.